The Kier molecular flexibility index (Phi) is 25.7. The van der Waals surface area contributed by atoms with Gasteiger partial charge >= 0.3 is 24.0 Å². The zero-order valence-corrected chi connectivity index (χ0v) is 81.1. The van der Waals surface area contributed by atoms with Crippen LogP contribution in [0.25, 0.3) is 221 Å². The first-order valence-electron chi connectivity index (χ1n) is 47.3. The van der Waals surface area contributed by atoms with E-state index in [9.17, 15) is 20.4 Å². The molecule has 20 aromatic carbocycles. The summed E-state index contributed by atoms with van der Waals surface area (Å²) in [5.74, 6) is 6.18. The predicted octanol–water partition coefficient (Wildman–Crippen LogP) is 27.6. The van der Waals surface area contributed by atoms with Gasteiger partial charge in [-0.15, -0.1) is 0 Å². The molecule has 24 nitrogen and oxygen atoms in total. The van der Waals surface area contributed by atoms with Gasteiger partial charge < -0.3 is 58.3 Å². The highest BCUT2D eigenvalue weighted by atomic mass is 16.5. The largest absolute Gasteiger partial charge is 0.507 e. The van der Waals surface area contributed by atoms with E-state index < -0.39 is 0 Å². The van der Waals surface area contributed by atoms with Crippen LogP contribution in [-0.4, -0.2) is 135 Å². The SMILES string of the molecule is COc1ccc(-c2nc(OC)nc(-c3cc4c5ccccc5ccc4c4ccccc34)n2)c(O)c1.COc1ccc(-c2nc(OC)nc(-c3ccc4cc5ccccc5cc4c3)n2)c(O)c1.COc1ccccc1-c1ccc2ccc3c(-c4nc(OC(C)C)nc(-c5ccccc5O)n4)ccc4ccc1c2c43.COc1ccccc1-c1cccc2cc(-c3nc(OC(C)C)nc(-c4ccccc4O)n3)c3ccccc3c12. The molecule has 146 heavy (non-hydrogen) atoms. The van der Waals surface area contributed by atoms with Crippen molar-refractivity contribution in [2.75, 3.05) is 42.7 Å². The van der Waals surface area contributed by atoms with Crippen LogP contribution in [-0.2, 0) is 0 Å². The maximum Gasteiger partial charge on any atom is 0.320 e. The summed E-state index contributed by atoms with van der Waals surface area (Å²) >= 11 is 0. The van der Waals surface area contributed by atoms with Crippen LogP contribution in [0.3, 0.4) is 0 Å². The maximum atomic E-state index is 10.6. The van der Waals surface area contributed by atoms with Gasteiger partial charge in [-0.05, 0) is 244 Å². The minimum Gasteiger partial charge on any atom is -0.507 e. The Labute approximate surface area is 838 Å². The lowest BCUT2D eigenvalue weighted by Crippen LogP contribution is -2.10. The lowest BCUT2D eigenvalue weighted by atomic mass is 9.88. The molecule has 24 rings (SSSR count). The van der Waals surface area contributed by atoms with Crippen molar-refractivity contribution in [2.24, 2.45) is 0 Å². The first kappa shape index (κ1) is 93.2. The third kappa shape index (κ3) is 18.4. The molecule has 0 spiro atoms. The summed E-state index contributed by atoms with van der Waals surface area (Å²) in [5.41, 5.74) is 9.64. The van der Waals surface area contributed by atoms with Gasteiger partial charge in [-0.3, -0.25) is 0 Å². The van der Waals surface area contributed by atoms with Crippen molar-refractivity contribution in [1.29, 1.82) is 0 Å². The van der Waals surface area contributed by atoms with E-state index in [0.717, 1.165) is 142 Å². The van der Waals surface area contributed by atoms with Crippen molar-refractivity contribution in [2.45, 2.75) is 39.9 Å². The van der Waals surface area contributed by atoms with E-state index in [1.54, 1.807) is 89.1 Å². The summed E-state index contributed by atoms with van der Waals surface area (Å²) in [4.78, 5) is 55.3. The van der Waals surface area contributed by atoms with Gasteiger partial charge in [0.1, 0.15) is 46.0 Å². The zero-order chi connectivity index (χ0) is 100. The number of aromatic hydroxyl groups is 4. The first-order chi connectivity index (χ1) is 71.3. The van der Waals surface area contributed by atoms with Gasteiger partial charge in [0, 0.05) is 45.5 Å². The number of fused-ring (bicyclic) bond motifs is 10. The number of phenolic OH excluding ortho intramolecular Hbond substituents is 4. The van der Waals surface area contributed by atoms with Crippen LogP contribution in [0.4, 0.5) is 0 Å². The van der Waals surface area contributed by atoms with E-state index in [0.29, 0.717) is 80.3 Å². The smallest absolute Gasteiger partial charge is 0.320 e. The number of aromatic nitrogens is 12. The third-order valence-corrected chi connectivity index (χ3v) is 25.5. The maximum absolute atomic E-state index is 10.6. The summed E-state index contributed by atoms with van der Waals surface area (Å²) in [6.45, 7) is 7.71. The van der Waals surface area contributed by atoms with E-state index in [2.05, 4.69) is 199 Å². The molecule has 4 aromatic heterocycles. The minimum absolute atomic E-state index is 0.0120. The second-order valence-electron chi connectivity index (χ2n) is 35.1. The fourth-order valence-corrected chi connectivity index (χ4v) is 18.7. The topological polar surface area (TPSA) is 309 Å². The summed E-state index contributed by atoms with van der Waals surface area (Å²) in [5, 5.41) is 64.5. The van der Waals surface area contributed by atoms with Gasteiger partial charge in [-0.2, -0.15) is 39.9 Å². The summed E-state index contributed by atoms with van der Waals surface area (Å²) in [6.07, 6.45) is -0.258. The quantitative estimate of drug-likeness (QED) is 0.0407. The number of methoxy groups -OCH3 is 6. The Morgan fingerprint density at radius 1 is 0.185 bits per heavy atom. The van der Waals surface area contributed by atoms with Gasteiger partial charge in [0.15, 0.2) is 46.6 Å². The highest BCUT2D eigenvalue weighted by molar-refractivity contribution is 6.28. The van der Waals surface area contributed by atoms with E-state index in [4.69, 9.17) is 62.8 Å². The Balaban J connectivity index is 0.000000115. The van der Waals surface area contributed by atoms with Gasteiger partial charge in [0.25, 0.3) is 0 Å². The molecular formula is C122H94N12O12. The molecule has 24 aromatic rings. The fraction of sp³-hybridized carbons (Fsp3) is 0.0984. The molecule has 0 aliphatic rings. The summed E-state index contributed by atoms with van der Waals surface area (Å²) in [6, 6.07) is 116. The molecule has 0 aliphatic carbocycles. The van der Waals surface area contributed by atoms with Gasteiger partial charge in [-0.25, -0.2) is 19.9 Å². The van der Waals surface area contributed by atoms with Gasteiger partial charge in [-0.1, -0.05) is 243 Å². The molecule has 24 heteroatoms. The van der Waals surface area contributed by atoms with Crippen molar-refractivity contribution >= 4 is 108 Å². The number of hydrogen-bond acceptors (Lipinski definition) is 24. The molecule has 0 amide bonds. The average Bonchev–Trinajstić information content (AvgIpc) is 0.723. The Morgan fingerprint density at radius 3 is 1.06 bits per heavy atom. The molecule has 0 saturated heterocycles. The third-order valence-electron chi connectivity index (χ3n) is 25.5. The molecule has 0 saturated carbocycles. The molecular weight excluding hydrogens is 1830 g/mol. The fourth-order valence-electron chi connectivity index (χ4n) is 18.7. The number of ether oxygens (including phenoxy) is 8. The number of hydrogen-bond donors (Lipinski definition) is 4. The second-order valence-corrected chi connectivity index (χ2v) is 35.1. The van der Waals surface area contributed by atoms with Crippen molar-refractivity contribution < 1.29 is 58.3 Å². The Bertz CT molecular complexity index is 9170. The standard InChI is InChI=1S/C35H27N3O3.C33H27N3O3.C29H21N3O3.C25H19N3O3/c1-20(2)41-35-37-33(36-34(38-35)28-9-4-6-10-29(28)39)27-19-15-22-13-17-25-23(24-8-5-7-11-30(24)40-3)16-12-21-14-18-26(27)32(22)31(21)25;1-20(2)39-33-35-31(26-15-6-8-17-28(26)37)34-32(36-33)27-19-21-11-10-16-25(23-13-7-9-18-29(23)38-3)30(21)24-14-5-4-12-22(24)27;1-34-18-12-14-23(26(33)15-18)27-30-28(32-29(31-27)35-2)25-16-24-19-8-4-3-7-17(19)11-13-22(24)20-9-5-6-10-21(20)25;1-30-20-9-10-21(22(29)14-20)24-26-23(27-25(28-24)31-2)18-8-7-17-11-15-5-3-4-6-16(15)12-19(17)13-18/h4-20,39H,1-3H3;4-20,37H,1-3H3;3-16,33H,1-2H3;3-14,29H,1-2H3. The van der Waals surface area contributed by atoms with Crippen LogP contribution in [0.1, 0.15) is 27.7 Å². The second kappa shape index (κ2) is 40.2. The average molecular weight is 1920 g/mol. The number of rotatable bonds is 20. The molecule has 714 valence electrons. The molecule has 0 fully saturated rings. The van der Waals surface area contributed by atoms with E-state index in [1.165, 1.54) is 47.9 Å². The molecule has 0 atom stereocenters. The molecule has 0 bridgehead atoms. The predicted molar refractivity (Wildman–Crippen MR) is 577 cm³/mol. The van der Waals surface area contributed by atoms with Crippen LogP contribution in [0, 0.1) is 0 Å². The van der Waals surface area contributed by atoms with Crippen LogP contribution in [0.5, 0.6) is 70.0 Å². The number of nitrogens with zero attached hydrogens (tertiary/aromatic N) is 12. The highest BCUT2D eigenvalue weighted by Crippen LogP contribution is 2.48. The number of benzene rings is 20. The Hall–Kier alpha value is -19.1. The van der Waals surface area contributed by atoms with Crippen LogP contribution in [0.15, 0.2) is 352 Å². The van der Waals surface area contributed by atoms with E-state index in [-0.39, 0.29) is 59.2 Å². The zero-order valence-electron chi connectivity index (χ0n) is 81.1. The number of phenols is 4. The van der Waals surface area contributed by atoms with Crippen molar-refractivity contribution in [3.8, 4) is 183 Å². The van der Waals surface area contributed by atoms with Gasteiger partial charge in [0.2, 0.25) is 0 Å². The highest BCUT2D eigenvalue weighted by Gasteiger charge is 2.27. The minimum atomic E-state index is -0.130. The first-order valence-corrected chi connectivity index (χ1v) is 47.3. The van der Waals surface area contributed by atoms with Crippen LogP contribution < -0.4 is 37.9 Å². The normalized spacial score (nSPS) is 11.3. The molecule has 0 aliphatic heterocycles. The van der Waals surface area contributed by atoms with E-state index in [1.807, 2.05) is 143 Å². The lowest BCUT2D eigenvalue weighted by Gasteiger charge is -2.17. The van der Waals surface area contributed by atoms with Crippen molar-refractivity contribution in [1.82, 2.24) is 59.8 Å². The molecule has 0 radical (unpaired) electrons. The van der Waals surface area contributed by atoms with Crippen molar-refractivity contribution in [3.63, 3.8) is 0 Å². The van der Waals surface area contributed by atoms with Crippen LogP contribution in [0.2, 0.25) is 0 Å². The monoisotopic (exact) mass is 1920 g/mol. The number of para-hydroxylation sites is 4. The van der Waals surface area contributed by atoms with Crippen molar-refractivity contribution in [3.05, 3.63) is 352 Å². The van der Waals surface area contributed by atoms with Gasteiger partial charge in [0.05, 0.1) is 77.1 Å². The molecule has 4 N–H and O–H groups in total. The Morgan fingerprint density at radius 2 is 0.541 bits per heavy atom. The summed E-state index contributed by atoms with van der Waals surface area (Å²) < 4.78 is 44.4. The van der Waals surface area contributed by atoms with E-state index >= 15 is 0 Å². The van der Waals surface area contributed by atoms with Crippen LogP contribution >= 0.6 is 0 Å². The summed E-state index contributed by atoms with van der Waals surface area (Å²) in [7, 11) is 9.51. The lowest BCUT2D eigenvalue weighted by molar-refractivity contribution is 0.221. The molecule has 0 unspecified atom stereocenters. The molecule has 4 heterocycles.